The van der Waals surface area contributed by atoms with E-state index in [0.29, 0.717) is 12.8 Å². The van der Waals surface area contributed by atoms with Crippen LogP contribution in [0.25, 0.3) is 0 Å². The Morgan fingerprint density at radius 3 is 2.48 bits per heavy atom. The van der Waals surface area contributed by atoms with Gasteiger partial charge in [-0.3, -0.25) is 14.9 Å². The second kappa shape index (κ2) is 5.07. The maximum atomic E-state index is 14.0. The minimum absolute atomic E-state index is 0.0687. The van der Waals surface area contributed by atoms with E-state index in [1.807, 2.05) is 0 Å². The van der Waals surface area contributed by atoms with Crippen LogP contribution in [-0.4, -0.2) is 39.0 Å². The monoisotopic (exact) mass is 294 g/mol. The number of halogens is 1. The zero-order chi connectivity index (χ0) is 15.1. The molecular weight excluding hydrogens is 279 g/mol. The van der Waals surface area contributed by atoms with Crippen LogP contribution in [0, 0.1) is 15.9 Å². The van der Waals surface area contributed by atoms with Crippen molar-refractivity contribution in [2.75, 3.05) is 0 Å². The molecule has 2 atom stereocenters. The van der Waals surface area contributed by atoms with Crippen LogP contribution >= 0.6 is 0 Å². The van der Waals surface area contributed by atoms with Crippen molar-refractivity contribution in [1.29, 1.82) is 0 Å². The molecule has 112 valence electrons. The third-order valence-corrected chi connectivity index (χ3v) is 4.34. The second-order valence-corrected chi connectivity index (χ2v) is 5.64. The molecule has 2 heterocycles. The topological polar surface area (TPSA) is 83.7 Å². The average molecular weight is 294 g/mol. The van der Waals surface area contributed by atoms with E-state index in [0.717, 1.165) is 25.0 Å². The SMILES string of the molecule is O=C(c1ccc([N+](=O)[O-])cc1F)N1C2CCC1CC(O)C2. The number of aliphatic hydroxyl groups is 1. The standard InChI is InChI=1S/C14H15FN2O4/c15-13-7-10(17(20)21)3-4-12(13)14(19)16-8-1-2-9(16)6-11(18)5-8/h3-4,7-9,11,18H,1-2,5-6H2. The highest BCUT2D eigenvalue weighted by atomic mass is 19.1. The number of piperidine rings is 1. The number of carbonyl (C=O) groups is 1. The maximum Gasteiger partial charge on any atom is 0.272 e. The van der Waals surface area contributed by atoms with Crippen molar-refractivity contribution in [2.24, 2.45) is 0 Å². The third kappa shape index (κ3) is 2.37. The summed E-state index contributed by atoms with van der Waals surface area (Å²) in [5, 5.41) is 20.3. The minimum atomic E-state index is -0.875. The van der Waals surface area contributed by atoms with E-state index >= 15 is 0 Å². The summed E-state index contributed by atoms with van der Waals surface area (Å²) in [6, 6.07) is 2.94. The van der Waals surface area contributed by atoms with E-state index in [4.69, 9.17) is 0 Å². The molecule has 1 aromatic rings. The molecule has 2 aliphatic heterocycles. The number of nitro groups is 1. The van der Waals surface area contributed by atoms with Crippen LogP contribution in [0.3, 0.4) is 0 Å². The van der Waals surface area contributed by atoms with Crippen molar-refractivity contribution >= 4 is 11.6 Å². The number of non-ortho nitro benzene ring substituents is 1. The molecule has 3 rings (SSSR count). The Morgan fingerprint density at radius 2 is 1.95 bits per heavy atom. The van der Waals surface area contributed by atoms with Crippen LogP contribution in [0.2, 0.25) is 0 Å². The van der Waals surface area contributed by atoms with Crippen molar-refractivity contribution in [3.8, 4) is 0 Å². The van der Waals surface area contributed by atoms with Crippen LogP contribution in [-0.2, 0) is 0 Å². The Balaban J connectivity index is 1.88. The van der Waals surface area contributed by atoms with Crippen LogP contribution < -0.4 is 0 Å². The third-order valence-electron chi connectivity index (χ3n) is 4.34. The molecule has 1 amide bonds. The number of nitro benzene ring substituents is 1. The highest BCUT2D eigenvalue weighted by molar-refractivity contribution is 5.95. The molecule has 0 aromatic heterocycles. The van der Waals surface area contributed by atoms with Gasteiger partial charge in [0.25, 0.3) is 11.6 Å². The molecule has 7 heteroatoms. The van der Waals surface area contributed by atoms with Crippen molar-refractivity contribution < 1.29 is 19.2 Å². The van der Waals surface area contributed by atoms with Gasteiger partial charge < -0.3 is 10.0 Å². The molecule has 0 aliphatic carbocycles. The normalized spacial score (nSPS) is 27.7. The van der Waals surface area contributed by atoms with Gasteiger partial charge in [0.1, 0.15) is 5.82 Å². The summed E-state index contributed by atoms with van der Waals surface area (Å²) in [7, 11) is 0. The van der Waals surface area contributed by atoms with Crippen LogP contribution in [0.4, 0.5) is 10.1 Å². The number of fused-ring (bicyclic) bond motifs is 2. The van der Waals surface area contributed by atoms with Gasteiger partial charge in [-0.15, -0.1) is 0 Å². The molecule has 6 nitrogen and oxygen atoms in total. The number of nitrogens with zero attached hydrogens (tertiary/aromatic N) is 2. The Bertz CT molecular complexity index is 593. The minimum Gasteiger partial charge on any atom is -0.393 e. The molecule has 2 saturated heterocycles. The molecule has 21 heavy (non-hydrogen) atoms. The molecule has 0 saturated carbocycles. The summed E-state index contributed by atoms with van der Waals surface area (Å²) in [5.74, 6) is -1.32. The molecule has 0 radical (unpaired) electrons. The average Bonchev–Trinajstić information content (AvgIpc) is 2.70. The Morgan fingerprint density at radius 1 is 1.33 bits per heavy atom. The predicted octanol–water partition coefficient (Wildman–Crippen LogP) is 1.86. The Labute approximate surface area is 120 Å². The molecule has 0 spiro atoms. The lowest BCUT2D eigenvalue weighted by Gasteiger charge is -2.37. The maximum absolute atomic E-state index is 14.0. The predicted molar refractivity (Wildman–Crippen MR) is 71.3 cm³/mol. The van der Waals surface area contributed by atoms with Crippen molar-refractivity contribution in [3.63, 3.8) is 0 Å². The highest BCUT2D eigenvalue weighted by Crippen LogP contribution is 2.37. The number of hydrogen-bond donors (Lipinski definition) is 1. The van der Waals surface area contributed by atoms with E-state index in [-0.39, 0.29) is 23.3 Å². The fourth-order valence-corrected chi connectivity index (χ4v) is 3.41. The van der Waals surface area contributed by atoms with Gasteiger partial charge in [0.05, 0.1) is 22.7 Å². The van der Waals surface area contributed by atoms with Crippen LogP contribution in [0.1, 0.15) is 36.0 Å². The highest BCUT2D eigenvalue weighted by Gasteiger charge is 2.43. The molecule has 2 unspecified atom stereocenters. The second-order valence-electron chi connectivity index (χ2n) is 5.64. The lowest BCUT2D eigenvalue weighted by Crippen LogP contribution is -2.48. The first-order chi connectivity index (χ1) is 9.97. The number of rotatable bonds is 2. The Hall–Kier alpha value is -2.02. The number of aliphatic hydroxyl groups excluding tert-OH is 1. The van der Waals surface area contributed by atoms with Crippen molar-refractivity contribution in [3.05, 3.63) is 39.7 Å². The van der Waals surface area contributed by atoms with Crippen LogP contribution in [0.5, 0.6) is 0 Å². The molecule has 2 fully saturated rings. The summed E-state index contributed by atoms with van der Waals surface area (Å²) in [4.78, 5) is 24.0. The smallest absolute Gasteiger partial charge is 0.272 e. The van der Waals surface area contributed by atoms with Gasteiger partial charge in [-0.25, -0.2) is 4.39 Å². The summed E-state index contributed by atoms with van der Waals surface area (Å²) in [5.41, 5.74) is -0.519. The van der Waals surface area contributed by atoms with Gasteiger partial charge in [0.2, 0.25) is 0 Å². The van der Waals surface area contributed by atoms with E-state index in [9.17, 15) is 24.4 Å². The number of carbonyl (C=O) groups excluding carboxylic acids is 1. The van der Waals surface area contributed by atoms with Gasteiger partial charge in [-0.1, -0.05) is 0 Å². The number of hydrogen-bond acceptors (Lipinski definition) is 4. The first kappa shape index (κ1) is 13.9. The zero-order valence-electron chi connectivity index (χ0n) is 11.2. The quantitative estimate of drug-likeness (QED) is 0.666. The Kier molecular flexibility index (Phi) is 3.36. The molecule has 2 aliphatic rings. The van der Waals surface area contributed by atoms with Gasteiger partial charge in [0.15, 0.2) is 0 Å². The molecule has 1 N–H and O–H groups in total. The first-order valence-electron chi connectivity index (χ1n) is 6.92. The van der Waals surface area contributed by atoms with Gasteiger partial charge in [0, 0.05) is 18.2 Å². The summed E-state index contributed by atoms with van der Waals surface area (Å²) in [6.07, 6.45) is 2.23. The van der Waals surface area contributed by atoms with E-state index in [2.05, 4.69) is 0 Å². The van der Waals surface area contributed by atoms with Gasteiger partial charge in [-0.2, -0.15) is 0 Å². The lowest BCUT2D eigenvalue weighted by atomic mass is 9.98. The fraction of sp³-hybridized carbons (Fsp3) is 0.500. The van der Waals surface area contributed by atoms with E-state index in [1.54, 1.807) is 4.90 Å². The van der Waals surface area contributed by atoms with E-state index < -0.39 is 22.8 Å². The van der Waals surface area contributed by atoms with Crippen molar-refractivity contribution in [1.82, 2.24) is 4.90 Å². The fourth-order valence-electron chi connectivity index (χ4n) is 3.41. The lowest BCUT2D eigenvalue weighted by molar-refractivity contribution is -0.385. The summed E-state index contributed by atoms with van der Waals surface area (Å²) >= 11 is 0. The summed E-state index contributed by atoms with van der Waals surface area (Å²) in [6.45, 7) is 0. The molecule has 2 bridgehead atoms. The van der Waals surface area contributed by atoms with Gasteiger partial charge in [-0.05, 0) is 31.7 Å². The molecular formula is C14H15FN2O4. The van der Waals surface area contributed by atoms with Crippen molar-refractivity contribution in [2.45, 2.75) is 43.9 Å². The van der Waals surface area contributed by atoms with Gasteiger partial charge >= 0.3 is 0 Å². The number of amides is 1. The molecule has 1 aromatic carbocycles. The van der Waals surface area contributed by atoms with E-state index in [1.165, 1.54) is 6.07 Å². The van der Waals surface area contributed by atoms with Crippen LogP contribution in [0.15, 0.2) is 18.2 Å². The summed E-state index contributed by atoms with van der Waals surface area (Å²) < 4.78 is 14.0. The first-order valence-corrected chi connectivity index (χ1v) is 6.92. The zero-order valence-corrected chi connectivity index (χ0v) is 11.2. The number of benzene rings is 1. The largest absolute Gasteiger partial charge is 0.393 e.